The largest absolute Gasteiger partial charge is 0.480 e. The number of rotatable bonds is 4. The van der Waals surface area contributed by atoms with Crippen molar-refractivity contribution in [3.8, 4) is 0 Å². The van der Waals surface area contributed by atoms with Gasteiger partial charge in [0.25, 0.3) is 0 Å². The molecule has 1 heterocycles. The second-order valence-electron chi connectivity index (χ2n) is 4.26. The molecule has 0 aromatic rings. The second kappa shape index (κ2) is 6.89. The van der Waals surface area contributed by atoms with Crippen LogP contribution in [0.2, 0.25) is 0 Å². The molecule has 1 saturated heterocycles. The van der Waals surface area contributed by atoms with Gasteiger partial charge < -0.3 is 5.11 Å². The van der Waals surface area contributed by atoms with E-state index in [0.29, 0.717) is 0 Å². The third-order valence-electron chi connectivity index (χ3n) is 2.70. The van der Waals surface area contributed by atoms with Crippen LogP contribution in [0.3, 0.4) is 0 Å². The summed E-state index contributed by atoms with van der Waals surface area (Å²) in [6.45, 7) is 6.65. The Hall–Kier alpha value is -0.580. The maximum Gasteiger partial charge on any atom is 0.317 e. The Morgan fingerprint density at radius 3 is 2.31 bits per heavy atom. The summed E-state index contributed by atoms with van der Waals surface area (Å²) in [6, 6.07) is 0. The van der Waals surface area contributed by atoms with E-state index in [4.69, 9.17) is 16.7 Å². The van der Waals surface area contributed by atoms with Crippen LogP contribution in [0.4, 0.5) is 0 Å². The van der Waals surface area contributed by atoms with Gasteiger partial charge in [-0.1, -0.05) is 11.6 Å². The van der Waals surface area contributed by atoms with E-state index in [2.05, 4.69) is 4.90 Å². The topological polar surface area (TPSA) is 43.8 Å². The van der Waals surface area contributed by atoms with Gasteiger partial charge in [0, 0.05) is 31.7 Å². The molecule has 0 radical (unpaired) electrons. The minimum Gasteiger partial charge on any atom is -0.480 e. The molecule has 0 atom stereocenters. The summed E-state index contributed by atoms with van der Waals surface area (Å²) < 4.78 is 0. The Balaban J connectivity index is 2.37. The fourth-order valence-electron chi connectivity index (χ4n) is 1.92. The SMILES string of the molecule is CC(=CCl)CN1CCCN(CC(=O)O)CC1. The van der Waals surface area contributed by atoms with Crippen LogP contribution in [0, 0.1) is 0 Å². The van der Waals surface area contributed by atoms with E-state index in [1.807, 2.05) is 11.8 Å². The van der Waals surface area contributed by atoms with Crippen LogP contribution in [-0.4, -0.2) is 60.1 Å². The summed E-state index contributed by atoms with van der Waals surface area (Å²) in [7, 11) is 0. The first-order chi connectivity index (χ1) is 7.61. The van der Waals surface area contributed by atoms with Crippen LogP contribution in [0.25, 0.3) is 0 Å². The van der Waals surface area contributed by atoms with Crippen LogP contribution in [0.15, 0.2) is 11.1 Å². The van der Waals surface area contributed by atoms with Gasteiger partial charge in [-0.05, 0) is 25.5 Å². The molecule has 1 rings (SSSR count). The summed E-state index contributed by atoms with van der Waals surface area (Å²) in [5, 5.41) is 8.73. The maximum absolute atomic E-state index is 10.6. The maximum atomic E-state index is 10.6. The molecule has 0 amide bonds. The molecule has 92 valence electrons. The standard InChI is InChI=1S/C11H19ClN2O2/c1-10(7-12)8-13-3-2-4-14(6-5-13)9-11(15)16/h7H,2-6,8-9H2,1H3,(H,15,16). The van der Waals surface area contributed by atoms with E-state index in [0.717, 1.165) is 44.7 Å². The van der Waals surface area contributed by atoms with E-state index in [9.17, 15) is 4.79 Å². The van der Waals surface area contributed by atoms with Crippen molar-refractivity contribution in [3.05, 3.63) is 11.1 Å². The Labute approximate surface area is 101 Å². The number of aliphatic carboxylic acids is 1. The van der Waals surface area contributed by atoms with Crippen molar-refractivity contribution < 1.29 is 9.90 Å². The molecule has 0 spiro atoms. The number of carboxylic acids is 1. The van der Waals surface area contributed by atoms with Crippen molar-refractivity contribution in [2.75, 3.05) is 39.3 Å². The second-order valence-corrected chi connectivity index (χ2v) is 4.47. The molecule has 0 aromatic heterocycles. The third-order valence-corrected chi connectivity index (χ3v) is 3.07. The predicted octanol–water partition coefficient (Wildman–Crippen LogP) is 1.22. The predicted molar refractivity (Wildman–Crippen MR) is 64.7 cm³/mol. The zero-order valence-electron chi connectivity index (χ0n) is 9.65. The van der Waals surface area contributed by atoms with Crippen LogP contribution < -0.4 is 0 Å². The highest BCUT2D eigenvalue weighted by Gasteiger charge is 2.16. The van der Waals surface area contributed by atoms with E-state index >= 15 is 0 Å². The van der Waals surface area contributed by atoms with Crippen LogP contribution >= 0.6 is 11.6 Å². The number of nitrogens with zero attached hydrogens (tertiary/aromatic N) is 2. The van der Waals surface area contributed by atoms with Gasteiger partial charge in [0.1, 0.15) is 0 Å². The van der Waals surface area contributed by atoms with Gasteiger partial charge in [0.15, 0.2) is 0 Å². The van der Waals surface area contributed by atoms with Crippen molar-refractivity contribution in [2.45, 2.75) is 13.3 Å². The summed E-state index contributed by atoms with van der Waals surface area (Å²) >= 11 is 5.63. The smallest absolute Gasteiger partial charge is 0.317 e. The van der Waals surface area contributed by atoms with Gasteiger partial charge in [0.05, 0.1) is 6.54 Å². The van der Waals surface area contributed by atoms with Crippen molar-refractivity contribution in [3.63, 3.8) is 0 Å². The fourth-order valence-corrected chi connectivity index (χ4v) is 1.99. The molecule has 0 saturated carbocycles. The zero-order valence-corrected chi connectivity index (χ0v) is 10.4. The van der Waals surface area contributed by atoms with Crippen LogP contribution in [0.5, 0.6) is 0 Å². The highest BCUT2D eigenvalue weighted by Crippen LogP contribution is 2.06. The Kier molecular flexibility index (Phi) is 5.80. The monoisotopic (exact) mass is 246 g/mol. The number of carboxylic acid groups (broad SMARTS) is 1. The molecule has 0 bridgehead atoms. The highest BCUT2D eigenvalue weighted by atomic mass is 35.5. The number of hydrogen-bond donors (Lipinski definition) is 1. The highest BCUT2D eigenvalue weighted by molar-refractivity contribution is 6.25. The number of halogens is 1. The first kappa shape index (κ1) is 13.5. The van der Waals surface area contributed by atoms with E-state index in [1.54, 1.807) is 5.54 Å². The molecule has 0 unspecified atom stereocenters. The first-order valence-corrected chi connectivity index (χ1v) is 5.98. The molecule has 16 heavy (non-hydrogen) atoms. The first-order valence-electron chi connectivity index (χ1n) is 5.54. The Morgan fingerprint density at radius 2 is 1.81 bits per heavy atom. The van der Waals surface area contributed by atoms with Gasteiger partial charge in [-0.15, -0.1) is 0 Å². The number of hydrogen-bond acceptors (Lipinski definition) is 3. The van der Waals surface area contributed by atoms with Gasteiger partial charge >= 0.3 is 5.97 Å². The van der Waals surface area contributed by atoms with Crippen molar-refractivity contribution in [1.29, 1.82) is 0 Å². The average Bonchev–Trinajstić information content (AvgIpc) is 2.43. The third kappa shape index (κ3) is 4.96. The molecular weight excluding hydrogens is 228 g/mol. The van der Waals surface area contributed by atoms with Crippen molar-refractivity contribution >= 4 is 17.6 Å². The molecular formula is C11H19ClN2O2. The summed E-state index contributed by atoms with van der Waals surface area (Å²) in [5.41, 5.74) is 2.76. The molecule has 1 fully saturated rings. The summed E-state index contributed by atoms with van der Waals surface area (Å²) in [6.07, 6.45) is 1.02. The molecule has 1 aliphatic rings. The van der Waals surface area contributed by atoms with Crippen molar-refractivity contribution in [1.82, 2.24) is 9.80 Å². The van der Waals surface area contributed by atoms with E-state index < -0.39 is 5.97 Å². The Bertz CT molecular complexity index is 269. The lowest BCUT2D eigenvalue weighted by Gasteiger charge is -2.20. The quantitative estimate of drug-likeness (QED) is 0.810. The van der Waals surface area contributed by atoms with Gasteiger partial charge in [-0.25, -0.2) is 0 Å². The molecule has 0 aliphatic carbocycles. The minimum absolute atomic E-state index is 0.151. The lowest BCUT2D eigenvalue weighted by Crippen LogP contribution is -2.34. The normalized spacial score (nSPS) is 20.8. The summed E-state index contributed by atoms with van der Waals surface area (Å²) in [4.78, 5) is 14.9. The lowest BCUT2D eigenvalue weighted by molar-refractivity contribution is -0.138. The molecule has 0 aromatic carbocycles. The average molecular weight is 247 g/mol. The van der Waals surface area contributed by atoms with Crippen LogP contribution in [-0.2, 0) is 4.79 Å². The minimum atomic E-state index is -0.745. The zero-order chi connectivity index (χ0) is 12.0. The van der Waals surface area contributed by atoms with Gasteiger partial charge in [-0.3, -0.25) is 14.6 Å². The Morgan fingerprint density at radius 1 is 1.25 bits per heavy atom. The van der Waals surface area contributed by atoms with Gasteiger partial charge in [-0.2, -0.15) is 0 Å². The summed E-state index contributed by atoms with van der Waals surface area (Å²) in [5.74, 6) is -0.745. The number of carbonyl (C=O) groups is 1. The molecule has 1 aliphatic heterocycles. The molecule has 4 nitrogen and oxygen atoms in total. The molecule has 5 heteroatoms. The van der Waals surface area contributed by atoms with E-state index in [-0.39, 0.29) is 6.54 Å². The van der Waals surface area contributed by atoms with Crippen molar-refractivity contribution in [2.24, 2.45) is 0 Å². The van der Waals surface area contributed by atoms with Crippen LogP contribution in [0.1, 0.15) is 13.3 Å². The van der Waals surface area contributed by atoms with Gasteiger partial charge in [0.2, 0.25) is 0 Å². The lowest BCUT2D eigenvalue weighted by atomic mass is 10.3. The fraction of sp³-hybridized carbons (Fsp3) is 0.727. The molecule has 1 N–H and O–H groups in total. The van der Waals surface area contributed by atoms with E-state index in [1.165, 1.54) is 0 Å².